The molecule has 8 nitrogen and oxygen atoms in total. The summed E-state index contributed by atoms with van der Waals surface area (Å²) in [6, 6.07) is 14.8. The summed E-state index contributed by atoms with van der Waals surface area (Å²) in [6.45, 7) is 5.69. The topological polar surface area (TPSA) is 114 Å². The van der Waals surface area contributed by atoms with E-state index in [-0.39, 0.29) is 24.2 Å². The lowest BCUT2D eigenvalue weighted by Gasteiger charge is -2.23. The first-order valence-corrected chi connectivity index (χ1v) is 12.3. The number of hydrogen-bond acceptors (Lipinski definition) is 5. The third-order valence-electron chi connectivity index (χ3n) is 4.88. The van der Waals surface area contributed by atoms with Crippen molar-refractivity contribution in [3.8, 4) is 0 Å². The molecule has 3 N–H and O–H groups in total. The van der Waals surface area contributed by atoms with Gasteiger partial charge in [0.05, 0.1) is 5.75 Å². The van der Waals surface area contributed by atoms with Crippen LogP contribution in [0.2, 0.25) is 0 Å². The van der Waals surface area contributed by atoms with Crippen LogP contribution in [0, 0.1) is 5.92 Å². The maximum Gasteiger partial charge on any atom is 0.408 e. The SMILES string of the molecule is CCCS(=O)(=O)Nc1ccc(NC(=O)[C@@H](NC(=O)OCc2ccccc2)[C@@H](C)CC)cc1. The highest BCUT2D eigenvalue weighted by Gasteiger charge is 2.26. The smallest absolute Gasteiger partial charge is 0.408 e. The van der Waals surface area contributed by atoms with E-state index in [4.69, 9.17) is 4.74 Å². The zero-order chi connectivity index (χ0) is 23.6. The Morgan fingerprint density at radius 3 is 2.19 bits per heavy atom. The molecule has 2 aromatic carbocycles. The van der Waals surface area contributed by atoms with Crippen LogP contribution in [0.25, 0.3) is 0 Å². The highest BCUT2D eigenvalue weighted by atomic mass is 32.2. The van der Waals surface area contributed by atoms with E-state index in [1.54, 1.807) is 31.2 Å². The lowest BCUT2D eigenvalue weighted by molar-refractivity contribution is -0.119. The van der Waals surface area contributed by atoms with Crippen LogP contribution < -0.4 is 15.4 Å². The molecule has 0 fully saturated rings. The van der Waals surface area contributed by atoms with E-state index in [2.05, 4.69) is 15.4 Å². The molecule has 0 aromatic heterocycles. The standard InChI is InChI=1S/C23H31N3O5S/c1-4-15-32(29,30)26-20-13-11-19(12-14-20)24-22(27)21(17(3)5-2)25-23(28)31-16-18-9-7-6-8-10-18/h6-14,17,21,26H,4-5,15-16H2,1-3H3,(H,24,27)(H,25,28)/t17-,21-/m0/s1. The van der Waals surface area contributed by atoms with Crippen molar-refractivity contribution in [3.63, 3.8) is 0 Å². The molecule has 0 radical (unpaired) electrons. The summed E-state index contributed by atoms with van der Waals surface area (Å²) in [5, 5.41) is 5.41. The molecular formula is C23H31N3O5S. The predicted octanol–water partition coefficient (Wildman–Crippen LogP) is 4.12. The molecule has 2 aromatic rings. The van der Waals surface area contributed by atoms with Gasteiger partial charge in [-0.15, -0.1) is 0 Å². The summed E-state index contributed by atoms with van der Waals surface area (Å²) in [4.78, 5) is 25.1. The third-order valence-corrected chi connectivity index (χ3v) is 6.37. The van der Waals surface area contributed by atoms with Crippen LogP contribution in [-0.2, 0) is 26.2 Å². The summed E-state index contributed by atoms with van der Waals surface area (Å²) in [6.07, 6.45) is 0.520. The van der Waals surface area contributed by atoms with Gasteiger partial charge in [0, 0.05) is 11.4 Å². The molecule has 0 unspecified atom stereocenters. The first-order chi connectivity index (χ1) is 15.2. The van der Waals surface area contributed by atoms with Gasteiger partial charge in [0.25, 0.3) is 0 Å². The van der Waals surface area contributed by atoms with E-state index in [1.807, 2.05) is 44.2 Å². The van der Waals surface area contributed by atoms with Crippen LogP contribution in [0.4, 0.5) is 16.2 Å². The van der Waals surface area contributed by atoms with Crippen molar-refractivity contribution >= 4 is 33.4 Å². The molecule has 2 atom stereocenters. The number of benzene rings is 2. The first-order valence-electron chi connectivity index (χ1n) is 10.6. The summed E-state index contributed by atoms with van der Waals surface area (Å²) in [5.74, 6) is -0.469. The Morgan fingerprint density at radius 2 is 1.59 bits per heavy atom. The van der Waals surface area contributed by atoms with Crippen LogP contribution in [0.1, 0.15) is 39.2 Å². The van der Waals surface area contributed by atoms with E-state index in [0.29, 0.717) is 24.2 Å². The molecule has 0 aliphatic heterocycles. The quantitative estimate of drug-likeness (QED) is 0.466. The van der Waals surface area contributed by atoms with Crippen molar-refractivity contribution < 1.29 is 22.7 Å². The van der Waals surface area contributed by atoms with E-state index >= 15 is 0 Å². The molecule has 0 saturated heterocycles. The lowest BCUT2D eigenvalue weighted by Crippen LogP contribution is -2.47. The second-order valence-corrected chi connectivity index (χ2v) is 9.40. The zero-order valence-corrected chi connectivity index (χ0v) is 19.4. The molecule has 0 saturated carbocycles. The van der Waals surface area contributed by atoms with Crippen molar-refractivity contribution in [3.05, 3.63) is 60.2 Å². The molecule has 9 heteroatoms. The zero-order valence-electron chi connectivity index (χ0n) is 18.6. The highest BCUT2D eigenvalue weighted by Crippen LogP contribution is 2.17. The maximum atomic E-state index is 12.8. The third kappa shape index (κ3) is 8.22. The van der Waals surface area contributed by atoms with Gasteiger partial charge in [0.15, 0.2) is 0 Å². The van der Waals surface area contributed by atoms with Gasteiger partial charge < -0.3 is 15.4 Å². The average Bonchev–Trinajstić information content (AvgIpc) is 2.77. The van der Waals surface area contributed by atoms with Gasteiger partial charge in [-0.1, -0.05) is 57.5 Å². The molecule has 0 aliphatic carbocycles. The van der Waals surface area contributed by atoms with E-state index < -0.39 is 22.2 Å². The fourth-order valence-electron chi connectivity index (χ4n) is 2.93. The Balaban J connectivity index is 1.97. The van der Waals surface area contributed by atoms with Gasteiger partial charge in [0.2, 0.25) is 15.9 Å². The van der Waals surface area contributed by atoms with Crippen molar-refractivity contribution in [2.75, 3.05) is 15.8 Å². The number of anilines is 2. The molecule has 0 spiro atoms. The number of alkyl carbamates (subject to hydrolysis) is 1. The molecule has 174 valence electrons. The van der Waals surface area contributed by atoms with Crippen LogP contribution in [0.15, 0.2) is 54.6 Å². The summed E-state index contributed by atoms with van der Waals surface area (Å²) < 4.78 is 31.5. The Labute approximate surface area is 189 Å². The summed E-state index contributed by atoms with van der Waals surface area (Å²) >= 11 is 0. The molecule has 0 bridgehead atoms. The Bertz CT molecular complexity index is 978. The number of carbonyl (C=O) groups is 2. The predicted molar refractivity (Wildman–Crippen MR) is 126 cm³/mol. The number of ether oxygens (including phenoxy) is 1. The highest BCUT2D eigenvalue weighted by molar-refractivity contribution is 7.92. The molecule has 2 rings (SSSR count). The minimum atomic E-state index is -3.39. The second-order valence-electron chi connectivity index (χ2n) is 7.56. The minimum Gasteiger partial charge on any atom is -0.445 e. The molecule has 0 heterocycles. The normalized spacial score (nSPS) is 13.0. The van der Waals surface area contributed by atoms with Crippen molar-refractivity contribution in [1.82, 2.24) is 5.32 Å². The van der Waals surface area contributed by atoms with Crippen molar-refractivity contribution in [2.45, 2.75) is 46.3 Å². The number of amides is 2. The van der Waals surface area contributed by atoms with Gasteiger partial charge in [-0.25, -0.2) is 13.2 Å². The Hall–Kier alpha value is -3.07. The number of rotatable bonds is 11. The van der Waals surface area contributed by atoms with E-state index in [9.17, 15) is 18.0 Å². The van der Waals surface area contributed by atoms with E-state index in [0.717, 1.165) is 5.56 Å². The Kier molecular flexibility index (Phi) is 9.52. The fraction of sp³-hybridized carbons (Fsp3) is 0.391. The van der Waals surface area contributed by atoms with Gasteiger partial charge in [-0.3, -0.25) is 9.52 Å². The molecule has 2 amide bonds. The van der Waals surface area contributed by atoms with E-state index in [1.165, 1.54) is 0 Å². The minimum absolute atomic E-state index is 0.0358. The average molecular weight is 462 g/mol. The largest absolute Gasteiger partial charge is 0.445 e. The van der Waals surface area contributed by atoms with Crippen LogP contribution in [-0.4, -0.2) is 32.2 Å². The van der Waals surface area contributed by atoms with Crippen LogP contribution in [0.3, 0.4) is 0 Å². The molecule has 0 aliphatic rings. The monoisotopic (exact) mass is 461 g/mol. The van der Waals surface area contributed by atoms with Gasteiger partial charge in [0.1, 0.15) is 12.6 Å². The lowest BCUT2D eigenvalue weighted by atomic mass is 9.98. The maximum absolute atomic E-state index is 12.8. The Morgan fingerprint density at radius 1 is 0.969 bits per heavy atom. The van der Waals surface area contributed by atoms with Crippen LogP contribution >= 0.6 is 0 Å². The van der Waals surface area contributed by atoms with Gasteiger partial charge in [-0.05, 0) is 42.2 Å². The number of sulfonamides is 1. The fourth-order valence-corrected chi connectivity index (χ4v) is 4.07. The van der Waals surface area contributed by atoms with Crippen molar-refractivity contribution in [2.24, 2.45) is 5.92 Å². The number of carbonyl (C=O) groups excluding carboxylic acids is 2. The first kappa shape index (κ1) is 25.2. The van der Waals surface area contributed by atoms with Gasteiger partial charge in [-0.2, -0.15) is 0 Å². The summed E-state index contributed by atoms with van der Waals surface area (Å²) in [5.41, 5.74) is 1.75. The summed E-state index contributed by atoms with van der Waals surface area (Å²) in [7, 11) is -3.39. The number of hydrogen-bond donors (Lipinski definition) is 3. The van der Waals surface area contributed by atoms with Gasteiger partial charge >= 0.3 is 6.09 Å². The molecule has 32 heavy (non-hydrogen) atoms. The molecular weight excluding hydrogens is 430 g/mol. The van der Waals surface area contributed by atoms with Crippen LogP contribution in [0.5, 0.6) is 0 Å². The van der Waals surface area contributed by atoms with Crippen molar-refractivity contribution in [1.29, 1.82) is 0 Å². The second kappa shape index (κ2) is 12.1. The number of nitrogens with one attached hydrogen (secondary N) is 3.